The summed E-state index contributed by atoms with van der Waals surface area (Å²) < 4.78 is 5.38. The average Bonchev–Trinajstić information content (AvgIpc) is 2.14. The smallest absolute Gasteiger partial charge is 0.122 e. The fourth-order valence-electron chi connectivity index (χ4n) is 1.92. The molecule has 3 nitrogen and oxygen atoms in total. The van der Waals surface area contributed by atoms with Crippen LogP contribution in [-0.2, 0) is 13.0 Å². The van der Waals surface area contributed by atoms with Gasteiger partial charge < -0.3 is 15.4 Å². The molecule has 0 bridgehead atoms. The first-order chi connectivity index (χ1) is 7.81. The quantitative estimate of drug-likeness (QED) is 0.850. The van der Waals surface area contributed by atoms with Crippen molar-refractivity contribution < 1.29 is 4.74 Å². The summed E-state index contributed by atoms with van der Waals surface area (Å²) in [5.74, 6) is 0.922. The Hall–Kier alpha value is -1.06. The summed E-state index contributed by atoms with van der Waals surface area (Å²) >= 11 is 0. The number of hydrogen-bond acceptors (Lipinski definition) is 3. The molecule has 1 aromatic rings. The molecule has 0 spiro atoms. The molecule has 0 fully saturated rings. The Balaban J connectivity index is 2.98. The fourth-order valence-corrected chi connectivity index (χ4v) is 1.92. The van der Waals surface area contributed by atoms with Crippen molar-refractivity contribution >= 4 is 0 Å². The van der Waals surface area contributed by atoms with Gasteiger partial charge in [-0.1, -0.05) is 12.1 Å². The number of nitrogens with two attached hydrogens (primary N) is 1. The van der Waals surface area contributed by atoms with Crippen LogP contribution >= 0.6 is 0 Å². The molecule has 0 aliphatic heterocycles. The monoisotopic (exact) mass is 236 g/mol. The summed E-state index contributed by atoms with van der Waals surface area (Å²) in [6.07, 6.45) is 0.817. The van der Waals surface area contributed by atoms with E-state index in [1.807, 2.05) is 19.9 Å². The van der Waals surface area contributed by atoms with E-state index >= 15 is 0 Å². The normalized spacial score (nSPS) is 11.9. The van der Waals surface area contributed by atoms with E-state index in [0.29, 0.717) is 0 Å². The zero-order valence-electron chi connectivity index (χ0n) is 11.6. The minimum atomic E-state index is -0.218. The van der Waals surface area contributed by atoms with E-state index in [9.17, 15) is 0 Å². The highest BCUT2D eigenvalue weighted by atomic mass is 16.5. The zero-order valence-corrected chi connectivity index (χ0v) is 11.6. The number of ether oxygens (including phenoxy) is 1. The Labute approximate surface area is 105 Å². The maximum absolute atomic E-state index is 6.08. The minimum Gasteiger partial charge on any atom is -0.496 e. The molecule has 2 N–H and O–H groups in total. The molecule has 96 valence electrons. The van der Waals surface area contributed by atoms with Gasteiger partial charge in [-0.3, -0.25) is 0 Å². The first-order valence-electron chi connectivity index (χ1n) is 5.91. The molecule has 0 radical (unpaired) electrons. The van der Waals surface area contributed by atoms with Crippen LogP contribution in [0.25, 0.3) is 0 Å². The molecule has 0 aromatic heterocycles. The van der Waals surface area contributed by atoms with Crippen LogP contribution in [0.4, 0.5) is 0 Å². The van der Waals surface area contributed by atoms with Crippen LogP contribution in [0.5, 0.6) is 5.75 Å². The summed E-state index contributed by atoms with van der Waals surface area (Å²) in [4.78, 5) is 2.15. The van der Waals surface area contributed by atoms with Crippen LogP contribution in [0.3, 0.4) is 0 Å². The maximum atomic E-state index is 6.08. The lowest BCUT2D eigenvalue weighted by molar-refractivity contribution is 0.394. The number of methoxy groups -OCH3 is 1. The van der Waals surface area contributed by atoms with Crippen LogP contribution in [-0.4, -0.2) is 31.6 Å². The largest absolute Gasteiger partial charge is 0.496 e. The number of hydrogen-bond donors (Lipinski definition) is 1. The second-order valence-electron chi connectivity index (χ2n) is 5.55. The fraction of sp³-hybridized carbons (Fsp3) is 0.571. The SMILES string of the molecule is COc1ccc(CN(C)C)cc1CC(C)(C)N. The molecule has 0 unspecified atom stereocenters. The van der Waals surface area contributed by atoms with Crippen molar-refractivity contribution in [3.05, 3.63) is 29.3 Å². The molecule has 0 atom stereocenters. The van der Waals surface area contributed by atoms with E-state index in [1.165, 1.54) is 11.1 Å². The van der Waals surface area contributed by atoms with E-state index in [-0.39, 0.29) is 5.54 Å². The average molecular weight is 236 g/mol. The predicted octanol–water partition coefficient (Wildman–Crippen LogP) is 2.04. The van der Waals surface area contributed by atoms with Crippen molar-refractivity contribution in [2.24, 2.45) is 5.73 Å². The molecule has 0 saturated heterocycles. The highest BCUT2D eigenvalue weighted by Gasteiger charge is 2.15. The molecule has 1 rings (SSSR count). The van der Waals surface area contributed by atoms with Crippen LogP contribution in [0.1, 0.15) is 25.0 Å². The van der Waals surface area contributed by atoms with E-state index in [1.54, 1.807) is 7.11 Å². The van der Waals surface area contributed by atoms with Crippen molar-refractivity contribution in [2.75, 3.05) is 21.2 Å². The molecule has 1 aromatic carbocycles. The topological polar surface area (TPSA) is 38.5 Å². The number of benzene rings is 1. The molecule has 0 aliphatic rings. The predicted molar refractivity (Wildman–Crippen MR) is 72.4 cm³/mol. The van der Waals surface area contributed by atoms with Crippen molar-refractivity contribution in [2.45, 2.75) is 32.4 Å². The second-order valence-corrected chi connectivity index (χ2v) is 5.55. The second kappa shape index (κ2) is 5.52. The minimum absolute atomic E-state index is 0.218. The molecular weight excluding hydrogens is 212 g/mol. The summed E-state index contributed by atoms with van der Waals surface area (Å²) in [5.41, 5.74) is 8.33. The number of nitrogens with zero attached hydrogens (tertiary/aromatic N) is 1. The van der Waals surface area contributed by atoms with Gasteiger partial charge in [-0.15, -0.1) is 0 Å². The van der Waals surface area contributed by atoms with E-state index in [2.05, 4.69) is 31.1 Å². The molecule has 0 aliphatic carbocycles. The lowest BCUT2D eigenvalue weighted by Gasteiger charge is -2.21. The molecule has 0 heterocycles. The van der Waals surface area contributed by atoms with Gasteiger partial charge in [0.15, 0.2) is 0 Å². The van der Waals surface area contributed by atoms with E-state index in [4.69, 9.17) is 10.5 Å². The van der Waals surface area contributed by atoms with Gasteiger partial charge in [-0.2, -0.15) is 0 Å². The van der Waals surface area contributed by atoms with Gasteiger partial charge in [0, 0.05) is 12.1 Å². The van der Waals surface area contributed by atoms with Gasteiger partial charge in [-0.25, -0.2) is 0 Å². The van der Waals surface area contributed by atoms with Gasteiger partial charge in [0.05, 0.1) is 7.11 Å². The van der Waals surface area contributed by atoms with Crippen molar-refractivity contribution in [1.82, 2.24) is 4.90 Å². The molecular formula is C14H24N2O. The zero-order chi connectivity index (χ0) is 13.1. The third kappa shape index (κ3) is 4.75. The first kappa shape index (κ1) is 14.0. The lowest BCUT2D eigenvalue weighted by atomic mass is 9.94. The molecule has 3 heteroatoms. The molecule has 0 saturated carbocycles. The van der Waals surface area contributed by atoms with Gasteiger partial charge in [-0.05, 0) is 51.6 Å². The Bertz CT molecular complexity index is 367. The van der Waals surface area contributed by atoms with Gasteiger partial charge in [0.2, 0.25) is 0 Å². The number of rotatable bonds is 5. The van der Waals surface area contributed by atoms with E-state index in [0.717, 1.165) is 18.7 Å². The van der Waals surface area contributed by atoms with Crippen molar-refractivity contribution in [1.29, 1.82) is 0 Å². The van der Waals surface area contributed by atoms with E-state index < -0.39 is 0 Å². The van der Waals surface area contributed by atoms with Gasteiger partial charge in [0.1, 0.15) is 5.75 Å². The summed E-state index contributed by atoms with van der Waals surface area (Å²) in [6, 6.07) is 6.32. The van der Waals surface area contributed by atoms with Crippen LogP contribution in [0.2, 0.25) is 0 Å². The molecule has 17 heavy (non-hydrogen) atoms. The standard InChI is InChI=1S/C14H24N2O/c1-14(2,15)9-12-8-11(10-16(3)4)6-7-13(12)17-5/h6-8H,9-10,15H2,1-5H3. The van der Waals surface area contributed by atoms with Crippen molar-refractivity contribution in [3.63, 3.8) is 0 Å². The van der Waals surface area contributed by atoms with Gasteiger partial charge >= 0.3 is 0 Å². The van der Waals surface area contributed by atoms with Crippen LogP contribution in [0, 0.1) is 0 Å². The first-order valence-corrected chi connectivity index (χ1v) is 5.91. The maximum Gasteiger partial charge on any atom is 0.122 e. The highest BCUT2D eigenvalue weighted by molar-refractivity contribution is 5.38. The lowest BCUT2D eigenvalue weighted by Crippen LogP contribution is -2.34. The van der Waals surface area contributed by atoms with Gasteiger partial charge in [0.25, 0.3) is 0 Å². The van der Waals surface area contributed by atoms with Crippen LogP contribution < -0.4 is 10.5 Å². The summed E-state index contributed by atoms with van der Waals surface area (Å²) in [6.45, 7) is 5.00. The Morgan fingerprint density at radius 2 is 1.94 bits per heavy atom. The van der Waals surface area contributed by atoms with Crippen molar-refractivity contribution in [3.8, 4) is 5.75 Å². The highest BCUT2D eigenvalue weighted by Crippen LogP contribution is 2.24. The third-order valence-electron chi connectivity index (χ3n) is 2.49. The Kier molecular flexibility index (Phi) is 4.54. The third-order valence-corrected chi connectivity index (χ3v) is 2.49. The summed E-state index contributed by atoms with van der Waals surface area (Å²) in [5, 5.41) is 0. The summed E-state index contributed by atoms with van der Waals surface area (Å²) in [7, 11) is 5.83. The Morgan fingerprint density at radius 1 is 1.29 bits per heavy atom. The molecule has 0 amide bonds. The Morgan fingerprint density at radius 3 is 2.41 bits per heavy atom. The van der Waals surface area contributed by atoms with Crippen LogP contribution in [0.15, 0.2) is 18.2 Å².